The number of esters is 1. The Hall–Kier alpha value is -1.39. The molecule has 1 aromatic rings. The van der Waals surface area contributed by atoms with Crippen molar-refractivity contribution in [1.29, 1.82) is 0 Å². The number of rotatable bonds is 2. The van der Waals surface area contributed by atoms with Gasteiger partial charge >= 0.3 is 30.2 Å². The number of carboxylic acid groups (broad SMARTS) is 1. The van der Waals surface area contributed by atoms with E-state index in [1.165, 1.54) is 25.1 Å². The van der Waals surface area contributed by atoms with E-state index in [9.17, 15) is 14.7 Å². The second-order valence-electron chi connectivity index (χ2n) is 2.49. The number of hydrogen-bond acceptors (Lipinski definition) is 6. The van der Waals surface area contributed by atoms with Crippen LogP contribution in [0.1, 0.15) is 17.3 Å². The zero-order valence-electron chi connectivity index (χ0n) is 8.41. The van der Waals surface area contributed by atoms with Gasteiger partial charge in [-0.05, 0) is 12.1 Å². The summed E-state index contributed by atoms with van der Waals surface area (Å²) in [5, 5.41) is 10.5. The van der Waals surface area contributed by atoms with Crippen LogP contribution in [0.3, 0.4) is 0 Å². The molecule has 0 aromatic heterocycles. The average molecular weight is 240 g/mol. The van der Waals surface area contributed by atoms with Gasteiger partial charge in [0.15, 0.2) is 0 Å². The normalized spacial score (nSPS) is 8.19. The van der Waals surface area contributed by atoms with Crippen molar-refractivity contribution in [2.24, 2.45) is 0 Å². The monoisotopic (exact) mass is 240 g/mol. The van der Waals surface area contributed by atoms with Crippen molar-refractivity contribution in [3.63, 3.8) is 0 Å². The molecular formula is C9H9AlO6. The Bertz CT molecular complexity index is 365. The van der Waals surface area contributed by atoms with Crippen LogP contribution in [-0.2, 0) is 4.79 Å². The molecule has 0 unspecified atom stereocenters. The molecule has 0 bridgehead atoms. The minimum absolute atomic E-state index is 0.00926. The van der Waals surface area contributed by atoms with Crippen molar-refractivity contribution in [3.8, 4) is 5.75 Å². The number of benzene rings is 1. The van der Waals surface area contributed by atoms with Crippen LogP contribution in [0.5, 0.6) is 5.75 Å². The molecule has 0 heterocycles. The number of carbonyl (C=O) groups excluding carboxylic acids is 2. The standard InChI is InChI=1S/C9H8O4.Al.2H2O/c1-6(10)13-8-5-3-2-4-7(8)9(11)12;;;/h2-5H,1H3,(H,11,12);;2*1H2/q;+3;;/p-3. The van der Waals surface area contributed by atoms with Crippen LogP contribution >= 0.6 is 0 Å². The van der Waals surface area contributed by atoms with Crippen molar-refractivity contribution >= 4 is 27.8 Å². The topological polar surface area (TPSA) is 107 Å². The summed E-state index contributed by atoms with van der Waals surface area (Å²) in [5.41, 5.74) is -0.127. The Kier molecular flexibility index (Phi) is 7.17. The van der Waals surface area contributed by atoms with Gasteiger partial charge in [0.1, 0.15) is 5.75 Å². The summed E-state index contributed by atoms with van der Waals surface area (Å²) in [5.74, 6) is -1.92. The molecule has 0 saturated heterocycles. The van der Waals surface area contributed by atoms with Crippen molar-refractivity contribution in [3.05, 3.63) is 29.8 Å². The molecule has 0 atom stereocenters. The maximum atomic E-state index is 10.6. The van der Waals surface area contributed by atoms with Gasteiger partial charge in [0.05, 0.1) is 5.97 Å². The first-order valence-corrected chi connectivity index (χ1v) is 5.15. The molecule has 1 aromatic carbocycles. The van der Waals surface area contributed by atoms with Gasteiger partial charge in [0.25, 0.3) is 0 Å². The maximum absolute atomic E-state index is 10.6. The number of carboxylic acids is 1. The molecule has 2 N–H and O–H groups in total. The summed E-state index contributed by atoms with van der Waals surface area (Å²) in [7, 11) is 0. The minimum atomic E-state index is -1.36. The number of carbonyl (C=O) groups is 2. The Morgan fingerprint density at radius 3 is 2.25 bits per heavy atom. The molecule has 6 nitrogen and oxygen atoms in total. The number of hydrogen-bond donors (Lipinski definition) is 2. The first-order valence-electron chi connectivity index (χ1n) is 4.11. The number of para-hydroxylation sites is 1. The third-order valence-electron chi connectivity index (χ3n) is 1.36. The van der Waals surface area contributed by atoms with Crippen LogP contribution in [0.15, 0.2) is 24.3 Å². The molecular weight excluding hydrogens is 231 g/mol. The van der Waals surface area contributed by atoms with E-state index in [1.54, 1.807) is 6.07 Å². The zero-order chi connectivity index (χ0) is 12.6. The van der Waals surface area contributed by atoms with Crippen molar-refractivity contribution in [1.82, 2.24) is 0 Å². The van der Waals surface area contributed by atoms with Crippen LogP contribution in [0.25, 0.3) is 0 Å². The fourth-order valence-electron chi connectivity index (χ4n) is 0.879. The van der Waals surface area contributed by atoms with E-state index < -0.39 is 27.8 Å². The molecule has 7 heteroatoms. The molecule has 0 saturated carbocycles. The van der Waals surface area contributed by atoms with E-state index in [-0.39, 0.29) is 11.3 Å². The van der Waals surface area contributed by atoms with Gasteiger partial charge < -0.3 is 14.6 Å². The number of ether oxygens (including phenoxy) is 1. The summed E-state index contributed by atoms with van der Waals surface area (Å²) in [6, 6.07) is 5.81. The SMILES string of the molecule is CC(=O)Oc1ccccc1C(=O)[O-].[OH][Al+][OH]. The first kappa shape index (κ1) is 14.6. The summed E-state index contributed by atoms with van der Waals surface area (Å²) < 4.78 is 19.1. The number of aromatic carboxylic acids is 1. The van der Waals surface area contributed by atoms with Gasteiger partial charge in [-0.15, -0.1) is 0 Å². The summed E-state index contributed by atoms with van der Waals surface area (Å²) >= 11 is -1.25. The van der Waals surface area contributed by atoms with Crippen molar-refractivity contribution in [2.75, 3.05) is 0 Å². The third kappa shape index (κ3) is 5.48. The van der Waals surface area contributed by atoms with Crippen LogP contribution in [-0.4, -0.2) is 36.1 Å². The molecule has 0 radical (unpaired) electrons. The molecule has 84 valence electrons. The molecule has 0 aliphatic rings. The van der Waals surface area contributed by atoms with Crippen LogP contribution < -0.4 is 9.84 Å². The van der Waals surface area contributed by atoms with Gasteiger partial charge in [0, 0.05) is 12.5 Å². The average Bonchev–Trinajstić information content (AvgIpc) is 2.18. The van der Waals surface area contributed by atoms with Gasteiger partial charge in [0.2, 0.25) is 0 Å². The van der Waals surface area contributed by atoms with Crippen LogP contribution in [0, 0.1) is 0 Å². The Morgan fingerprint density at radius 2 is 1.81 bits per heavy atom. The second kappa shape index (κ2) is 7.85. The van der Waals surface area contributed by atoms with Gasteiger partial charge in [-0.25, -0.2) is 0 Å². The van der Waals surface area contributed by atoms with Gasteiger partial charge in [-0.3, -0.25) is 4.79 Å². The summed E-state index contributed by atoms with van der Waals surface area (Å²) in [6.07, 6.45) is 0. The predicted molar refractivity (Wildman–Crippen MR) is 52.3 cm³/mol. The molecule has 0 amide bonds. The van der Waals surface area contributed by atoms with Crippen molar-refractivity contribution in [2.45, 2.75) is 6.92 Å². The fourth-order valence-corrected chi connectivity index (χ4v) is 0.879. The Morgan fingerprint density at radius 1 is 1.31 bits per heavy atom. The molecule has 16 heavy (non-hydrogen) atoms. The fraction of sp³-hybridized carbons (Fsp3) is 0.111. The molecule has 0 fully saturated rings. The molecule has 0 aliphatic heterocycles. The Labute approximate surface area is 98.5 Å². The summed E-state index contributed by atoms with van der Waals surface area (Å²) in [4.78, 5) is 21.1. The second-order valence-corrected chi connectivity index (χ2v) is 2.72. The first-order chi connectivity index (χ1) is 7.52. The van der Waals surface area contributed by atoms with Crippen molar-refractivity contribution < 1.29 is 27.7 Å². The summed E-state index contributed by atoms with van der Waals surface area (Å²) in [6.45, 7) is 1.20. The quantitative estimate of drug-likeness (QED) is 0.369. The zero-order valence-corrected chi connectivity index (χ0v) is 9.57. The van der Waals surface area contributed by atoms with Gasteiger partial charge in [-0.2, -0.15) is 0 Å². The van der Waals surface area contributed by atoms with E-state index in [0.29, 0.717) is 0 Å². The van der Waals surface area contributed by atoms with Crippen LogP contribution in [0.2, 0.25) is 0 Å². The molecule has 1 rings (SSSR count). The van der Waals surface area contributed by atoms with E-state index in [0.717, 1.165) is 0 Å². The van der Waals surface area contributed by atoms with Crippen LogP contribution in [0.4, 0.5) is 0 Å². The van der Waals surface area contributed by atoms with Gasteiger partial charge in [-0.1, -0.05) is 12.1 Å². The Balaban J connectivity index is 0.000000673. The van der Waals surface area contributed by atoms with E-state index in [4.69, 9.17) is 8.32 Å². The van der Waals surface area contributed by atoms with E-state index in [2.05, 4.69) is 4.74 Å². The van der Waals surface area contributed by atoms with E-state index in [1.807, 2.05) is 0 Å². The molecule has 0 spiro atoms. The third-order valence-corrected chi connectivity index (χ3v) is 1.36. The molecule has 0 aliphatic carbocycles. The van der Waals surface area contributed by atoms with E-state index >= 15 is 0 Å². The predicted octanol–water partition coefficient (Wildman–Crippen LogP) is -1.52.